The van der Waals surface area contributed by atoms with Crippen LogP contribution in [0.2, 0.25) is 0 Å². The van der Waals surface area contributed by atoms with Crippen LogP contribution in [-0.2, 0) is 4.79 Å². The van der Waals surface area contributed by atoms with Gasteiger partial charge < -0.3 is 5.11 Å². The average Bonchev–Trinajstić information content (AvgIpc) is 2.29. The van der Waals surface area contributed by atoms with Crippen LogP contribution in [0.3, 0.4) is 0 Å². The van der Waals surface area contributed by atoms with Crippen LogP contribution in [0.5, 0.6) is 0 Å². The van der Waals surface area contributed by atoms with Crippen LogP contribution in [0, 0.1) is 5.41 Å². The van der Waals surface area contributed by atoms with Gasteiger partial charge in [0.2, 0.25) is 0 Å². The minimum absolute atomic E-state index is 0.277. The lowest BCUT2D eigenvalue weighted by atomic mass is 9.71. The summed E-state index contributed by atoms with van der Waals surface area (Å²) in [6, 6.07) is 0.870. The van der Waals surface area contributed by atoms with Crippen molar-refractivity contribution in [3.05, 3.63) is 0 Å². The molecule has 1 saturated heterocycles. The first-order valence-corrected chi connectivity index (χ1v) is 7.48. The normalized spacial score (nSPS) is 33.2. The van der Waals surface area contributed by atoms with Crippen LogP contribution in [-0.4, -0.2) is 34.6 Å². The first-order valence-electron chi connectivity index (χ1n) is 7.48. The molecule has 2 rings (SSSR count). The van der Waals surface area contributed by atoms with Crippen molar-refractivity contribution in [1.82, 2.24) is 4.90 Å². The molecule has 1 aliphatic heterocycles. The Bertz CT molecular complexity index is 301. The van der Waals surface area contributed by atoms with Gasteiger partial charge in [-0.25, -0.2) is 0 Å². The minimum Gasteiger partial charge on any atom is -0.481 e. The highest BCUT2D eigenvalue weighted by atomic mass is 16.4. The number of carboxylic acid groups (broad SMARTS) is 1. The second kappa shape index (κ2) is 5.60. The predicted octanol–water partition coefficient (Wildman–Crippen LogP) is 3.28. The Morgan fingerprint density at radius 1 is 1.22 bits per heavy atom. The molecule has 3 heteroatoms. The molecule has 2 unspecified atom stereocenters. The van der Waals surface area contributed by atoms with Gasteiger partial charge in [-0.15, -0.1) is 0 Å². The zero-order valence-corrected chi connectivity index (χ0v) is 11.8. The van der Waals surface area contributed by atoms with Gasteiger partial charge in [0.1, 0.15) is 0 Å². The molecular weight excluding hydrogens is 226 g/mol. The van der Waals surface area contributed by atoms with Crippen LogP contribution < -0.4 is 0 Å². The molecule has 2 fully saturated rings. The first-order chi connectivity index (χ1) is 8.50. The number of hydrogen-bond donors (Lipinski definition) is 1. The molecule has 0 aromatic rings. The van der Waals surface area contributed by atoms with E-state index in [2.05, 4.69) is 18.7 Å². The maximum Gasteiger partial charge on any atom is 0.304 e. The molecule has 0 aromatic heterocycles. The number of hydrogen-bond acceptors (Lipinski definition) is 2. The third kappa shape index (κ3) is 3.05. The Morgan fingerprint density at radius 3 is 2.61 bits per heavy atom. The van der Waals surface area contributed by atoms with Gasteiger partial charge in [0.15, 0.2) is 0 Å². The van der Waals surface area contributed by atoms with E-state index in [0.717, 1.165) is 13.0 Å². The Kier molecular flexibility index (Phi) is 4.31. The first kappa shape index (κ1) is 13.9. The molecule has 2 aliphatic rings. The third-order valence-electron chi connectivity index (χ3n) is 4.93. The number of piperidine rings is 1. The minimum atomic E-state index is -0.638. The summed E-state index contributed by atoms with van der Waals surface area (Å²) in [5.74, 6) is -0.638. The van der Waals surface area contributed by atoms with Gasteiger partial charge in [-0.05, 0) is 37.6 Å². The standard InChI is InChI=1S/C15H27NO2/c1-15(2)9-5-3-8-13(15)16-10-6-4-7-12(16)11-14(17)18/h12-13H,3-11H2,1-2H3,(H,17,18). The summed E-state index contributed by atoms with van der Waals surface area (Å²) < 4.78 is 0. The van der Waals surface area contributed by atoms with E-state index in [0.29, 0.717) is 17.9 Å². The van der Waals surface area contributed by atoms with Gasteiger partial charge in [0.25, 0.3) is 0 Å². The van der Waals surface area contributed by atoms with Crippen LogP contribution in [0.1, 0.15) is 65.2 Å². The quantitative estimate of drug-likeness (QED) is 0.839. The van der Waals surface area contributed by atoms with Gasteiger partial charge in [-0.1, -0.05) is 33.1 Å². The second-order valence-corrected chi connectivity index (χ2v) is 6.74. The number of likely N-dealkylation sites (tertiary alicyclic amines) is 1. The maximum atomic E-state index is 11.0. The summed E-state index contributed by atoms with van der Waals surface area (Å²) in [7, 11) is 0. The number of aliphatic carboxylic acids is 1. The van der Waals surface area contributed by atoms with E-state index < -0.39 is 5.97 Å². The summed E-state index contributed by atoms with van der Waals surface area (Å²) in [6.45, 7) is 5.83. The largest absolute Gasteiger partial charge is 0.481 e. The fraction of sp³-hybridized carbons (Fsp3) is 0.933. The van der Waals surface area contributed by atoms with Crippen LogP contribution in [0.4, 0.5) is 0 Å². The van der Waals surface area contributed by atoms with Crippen molar-refractivity contribution in [2.45, 2.75) is 77.3 Å². The molecule has 3 nitrogen and oxygen atoms in total. The molecule has 1 saturated carbocycles. The zero-order valence-electron chi connectivity index (χ0n) is 11.8. The van der Waals surface area contributed by atoms with Crippen molar-refractivity contribution < 1.29 is 9.90 Å². The monoisotopic (exact) mass is 253 g/mol. The maximum absolute atomic E-state index is 11.0. The molecule has 1 N–H and O–H groups in total. The SMILES string of the molecule is CC1(C)CCCCC1N1CCCCC1CC(=O)O. The highest BCUT2D eigenvalue weighted by Crippen LogP contribution is 2.41. The fourth-order valence-electron chi connectivity index (χ4n) is 3.94. The van der Waals surface area contributed by atoms with E-state index in [4.69, 9.17) is 5.11 Å². The smallest absolute Gasteiger partial charge is 0.304 e. The Balaban J connectivity index is 2.09. The van der Waals surface area contributed by atoms with Gasteiger partial charge >= 0.3 is 5.97 Å². The summed E-state index contributed by atoms with van der Waals surface area (Å²) in [5.41, 5.74) is 0.354. The molecule has 1 heterocycles. The van der Waals surface area contributed by atoms with Crippen molar-refractivity contribution in [3.8, 4) is 0 Å². The fourth-order valence-corrected chi connectivity index (χ4v) is 3.94. The number of carboxylic acids is 1. The predicted molar refractivity (Wildman–Crippen MR) is 72.6 cm³/mol. The second-order valence-electron chi connectivity index (χ2n) is 6.74. The molecule has 0 bridgehead atoms. The van der Waals surface area contributed by atoms with Crippen molar-refractivity contribution in [1.29, 1.82) is 0 Å². The van der Waals surface area contributed by atoms with Crippen molar-refractivity contribution >= 4 is 5.97 Å². The zero-order chi connectivity index (χ0) is 13.2. The van der Waals surface area contributed by atoms with Crippen LogP contribution in [0.15, 0.2) is 0 Å². The highest BCUT2D eigenvalue weighted by Gasteiger charge is 2.40. The van der Waals surface area contributed by atoms with Gasteiger partial charge in [0, 0.05) is 12.1 Å². The topological polar surface area (TPSA) is 40.5 Å². The molecule has 18 heavy (non-hydrogen) atoms. The molecule has 2 atom stereocenters. The molecule has 1 aliphatic carbocycles. The Hall–Kier alpha value is -0.570. The van der Waals surface area contributed by atoms with Gasteiger partial charge in [-0.2, -0.15) is 0 Å². The average molecular weight is 253 g/mol. The van der Waals surface area contributed by atoms with Gasteiger partial charge in [0.05, 0.1) is 6.42 Å². The summed E-state index contributed by atoms with van der Waals surface area (Å²) >= 11 is 0. The summed E-state index contributed by atoms with van der Waals surface area (Å²) in [6.07, 6.45) is 9.01. The van der Waals surface area contributed by atoms with Gasteiger partial charge in [-0.3, -0.25) is 9.69 Å². The lowest BCUT2D eigenvalue weighted by Gasteiger charge is -2.50. The molecule has 104 valence electrons. The molecule has 0 spiro atoms. The Morgan fingerprint density at radius 2 is 1.94 bits per heavy atom. The lowest BCUT2D eigenvalue weighted by molar-refractivity contribution is -0.139. The van der Waals surface area contributed by atoms with Crippen molar-refractivity contribution in [3.63, 3.8) is 0 Å². The molecule has 0 amide bonds. The Labute approximate surface area is 111 Å². The molecular formula is C15H27NO2. The number of rotatable bonds is 3. The molecule has 0 radical (unpaired) electrons. The van der Waals surface area contributed by atoms with E-state index in [1.807, 2.05) is 0 Å². The van der Waals surface area contributed by atoms with E-state index in [-0.39, 0.29) is 6.04 Å². The molecule has 0 aromatic carbocycles. The van der Waals surface area contributed by atoms with Crippen LogP contribution >= 0.6 is 0 Å². The third-order valence-corrected chi connectivity index (χ3v) is 4.93. The number of nitrogens with zero attached hydrogens (tertiary/aromatic N) is 1. The summed E-state index contributed by atoms with van der Waals surface area (Å²) in [4.78, 5) is 13.6. The number of carbonyl (C=O) groups is 1. The van der Waals surface area contributed by atoms with Crippen molar-refractivity contribution in [2.24, 2.45) is 5.41 Å². The van der Waals surface area contributed by atoms with E-state index >= 15 is 0 Å². The highest BCUT2D eigenvalue weighted by molar-refractivity contribution is 5.67. The van der Waals surface area contributed by atoms with E-state index in [1.54, 1.807) is 0 Å². The van der Waals surface area contributed by atoms with Crippen molar-refractivity contribution in [2.75, 3.05) is 6.54 Å². The lowest BCUT2D eigenvalue weighted by Crippen LogP contribution is -2.54. The van der Waals surface area contributed by atoms with E-state index in [9.17, 15) is 4.79 Å². The van der Waals surface area contributed by atoms with E-state index in [1.165, 1.54) is 38.5 Å². The van der Waals surface area contributed by atoms with Crippen LogP contribution in [0.25, 0.3) is 0 Å². The summed E-state index contributed by atoms with van der Waals surface area (Å²) in [5, 5.41) is 9.09.